The molecule has 0 aliphatic carbocycles. The van der Waals surface area contributed by atoms with E-state index in [1.54, 1.807) is 0 Å². The molecule has 0 aromatic rings. The first-order valence-corrected chi connectivity index (χ1v) is 0. The number of hydrogen-bond acceptors (Lipinski definition) is 0. The molecular weight excluding hydrogens is 745 g/mol. The quantitative estimate of drug-likeness (QED) is 0.225. The molecule has 0 rings (SSSR count). The smallest absolute Gasteiger partial charge is 0 e. The summed E-state index contributed by atoms with van der Waals surface area (Å²) in [5.41, 5.74) is 0. The molecule has 11 heteroatoms. The minimum atomic E-state index is 0. The van der Waals surface area contributed by atoms with Gasteiger partial charge in [0.2, 0.25) is 0 Å². The second kappa shape index (κ2) is 113. The Bertz CT molecular complexity index is 14.4. The summed E-state index contributed by atoms with van der Waals surface area (Å²) in [6.07, 6.45) is 0. The van der Waals surface area contributed by atoms with E-state index < -0.39 is 0 Å². The van der Waals surface area contributed by atoms with Gasteiger partial charge in [-0.15, -0.1) is 0 Å². The first kappa shape index (κ1) is 138. The van der Waals surface area contributed by atoms with Crippen molar-refractivity contribution in [3.63, 3.8) is 0 Å². The normalized spacial score (nSPS) is 0. The van der Waals surface area contributed by atoms with Gasteiger partial charge < -0.3 is 38.3 Å². The van der Waals surface area contributed by atoms with Gasteiger partial charge in [-0.1, -0.05) is 0 Å². The van der Waals surface area contributed by atoms with Gasteiger partial charge in [0, 0.05) is 180 Å². The van der Waals surface area contributed by atoms with Gasteiger partial charge in [-0.3, -0.25) is 0 Å². The van der Waals surface area contributed by atoms with Crippen molar-refractivity contribution in [1.29, 1.82) is 0 Å². The molecule has 0 unspecified atom stereocenters. The van der Waals surface area contributed by atoms with Gasteiger partial charge in [-0.25, -0.2) is 0 Å². The molecule has 0 saturated carbocycles. The molecule has 0 fully saturated rings. The summed E-state index contributed by atoms with van der Waals surface area (Å²) in [6.45, 7) is 0. The summed E-state index contributed by atoms with van der Waals surface area (Å²) in [6, 6.07) is 0. The van der Waals surface area contributed by atoms with E-state index in [1.807, 2.05) is 0 Å². The van der Waals surface area contributed by atoms with Crippen molar-refractivity contribution < 1.29 is 80.5 Å². The van der Waals surface area contributed by atoms with Gasteiger partial charge in [-0.2, -0.15) is 0 Å². The minimum absolute atomic E-state index is 0. The second-order valence-corrected chi connectivity index (χ2v) is 0. The molecule has 0 saturated heterocycles. The monoisotopic (exact) mass is 760 g/mol. The molecule has 0 aromatic heterocycles. The summed E-state index contributed by atoms with van der Waals surface area (Å²) in [5, 5.41) is 0. The Hall–Kier alpha value is 5.20. The van der Waals surface area contributed by atoms with Crippen molar-refractivity contribution in [2.45, 2.75) is 0 Å². The molecule has 0 aliphatic rings. The van der Waals surface area contributed by atoms with E-state index in [0.717, 1.165) is 0 Å². The fourth-order valence-corrected chi connectivity index (χ4v) is 0. The van der Waals surface area contributed by atoms with Crippen LogP contribution in [0.2, 0.25) is 0 Å². The molecule has 7 nitrogen and oxygen atoms in total. The average Bonchev–Trinajstić information content (AvgIpc) is 0. The van der Waals surface area contributed by atoms with E-state index in [4.69, 9.17) is 0 Å². The number of hydrogen-bond donors (Lipinski definition) is 0. The number of rotatable bonds is 0. The zero-order valence-electron chi connectivity index (χ0n) is 6.32. The fraction of sp³-hybridized carbons (Fsp3) is 0. The Morgan fingerprint density at radius 3 is 0.273 bits per heavy atom. The van der Waals surface area contributed by atoms with Crippen LogP contribution in [0.15, 0.2) is 0 Å². The van der Waals surface area contributed by atoms with Gasteiger partial charge >= 0.3 is 0 Å². The first-order valence-electron chi connectivity index (χ1n) is 0. The minimum Gasteiger partial charge on any atom is -0.412 e. The van der Waals surface area contributed by atoms with E-state index in [-0.39, 0.29) is 218 Å². The van der Waals surface area contributed by atoms with Crippen LogP contribution >= 0.6 is 0 Å². The Morgan fingerprint density at radius 2 is 0.273 bits per heavy atom. The molecular formula is H14Cs2O7W2. The fourth-order valence-electron chi connectivity index (χ4n) is 0. The van der Waals surface area contributed by atoms with Crippen molar-refractivity contribution in [2.24, 2.45) is 0 Å². The van der Waals surface area contributed by atoms with Crippen LogP contribution < -0.4 is 0 Å². The Balaban J connectivity index is 0. The van der Waals surface area contributed by atoms with Crippen LogP contribution in [0.5, 0.6) is 0 Å². The molecule has 70 valence electrons. The summed E-state index contributed by atoms with van der Waals surface area (Å²) >= 11 is 0. The Morgan fingerprint density at radius 1 is 0.273 bits per heavy atom. The van der Waals surface area contributed by atoms with Gasteiger partial charge in [0.25, 0.3) is 0 Å². The van der Waals surface area contributed by atoms with Crippen LogP contribution in [-0.2, 0) is 42.1 Å². The van der Waals surface area contributed by atoms with Crippen molar-refractivity contribution >= 4 is 138 Å². The van der Waals surface area contributed by atoms with Gasteiger partial charge in [0.1, 0.15) is 0 Å². The topological polar surface area (TPSA) is 220 Å². The predicted octanol–water partition coefficient (Wildman–Crippen LogP) is -6.54. The van der Waals surface area contributed by atoms with Crippen LogP contribution in [-0.4, -0.2) is 176 Å². The van der Waals surface area contributed by atoms with Crippen molar-refractivity contribution in [2.75, 3.05) is 0 Å². The molecule has 14 N–H and O–H groups in total. The molecule has 0 atom stereocenters. The Kier molecular flexibility index (Phi) is 1430. The molecule has 2 radical (unpaired) electrons. The van der Waals surface area contributed by atoms with Gasteiger partial charge in [-0.05, 0) is 0 Å². The molecule has 0 amide bonds. The van der Waals surface area contributed by atoms with Crippen molar-refractivity contribution in [3.05, 3.63) is 0 Å². The third-order valence-corrected chi connectivity index (χ3v) is 0. The zero-order valence-corrected chi connectivity index (χ0v) is 24.7. The van der Waals surface area contributed by atoms with Crippen molar-refractivity contribution in [3.8, 4) is 0 Å². The summed E-state index contributed by atoms with van der Waals surface area (Å²) in [7, 11) is 0. The molecule has 0 heterocycles. The van der Waals surface area contributed by atoms with E-state index in [9.17, 15) is 0 Å². The largest absolute Gasteiger partial charge is 0.412 e. The maximum absolute atomic E-state index is 0. The molecule has 0 spiro atoms. The third kappa shape index (κ3) is 97.9. The maximum atomic E-state index is 0. The van der Waals surface area contributed by atoms with Crippen molar-refractivity contribution in [1.82, 2.24) is 0 Å². The van der Waals surface area contributed by atoms with E-state index in [1.165, 1.54) is 0 Å². The summed E-state index contributed by atoms with van der Waals surface area (Å²) in [5.74, 6) is 0. The standard InChI is InChI=1S/2Cs.7H2O.2W/h;;7*1H2;;. The predicted molar refractivity (Wildman–Crippen MR) is 36.8 cm³/mol. The molecule has 0 aromatic carbocycles. The van der Waals surface area contributed by atoms with E-state index >= 15 is 0 Å². The van der Waals surface area contributed by atoms with Crippen LogP contribution in [0.3, 0.4) is 0 Å². The average molecular weight is 760 g/mol. The molecule has 0 aliphatic heterocycles. The molecule has 0 bridgehead atoms. The third-order valence-electron chi connectivity index (χ3n) is 0. The van der Waals surface area contributed by atoms with Crippen LogP contribution in [0, 0.1) is 0 Å². The van der Waals surface area contributed by atoms with Gasteiger partial charge in [0.15, 0.2) is 0 Å². The SMILES string of the molecule is O.O.O.O.O.O.O.[Cs].[Cs].[W].[W]. The van der Waals surface area contributed by atoms with E-state index in [2.05, 4.69) is 0 Å². The summed E-state index contributed by atoms with van der Waals surface area (Å²) in [4.78, 5) is 0. The summed E-state index contributed by atoms with van der Waals surface area (Å²) < 4.78 is 0. The van der Waals surface area contributed by atoms with Crippen LogP contribution in [0.4, 0.5) is 0 Å². The van der Waals surface area contributed by atoms with Gasteiger partial charge in [0.05, 0.1) is 0 Å². The maximum Gasteiger partial charge on any atom is 0 e. The second-order valence-electron chi connectivity index (χ2n) is 0. The first-order chi connectivity index (χ1) is 0. The van der Waals surface area contributed by atoms with Crippen LogP contribution in [0.1, 0.15) is 0 Å². The Labute approximate surface area is 211 Å². The van der Waals surface area contributed by atoms with E-state index in [0.29, 0.717) is 0 Å². The zero-order chi connectivity index (χ0) is 0. The van der Waals surface area contributed by atoms with Crippen LogP contribution in [0.25, 0.3) is 0 Å². The molecule has 11 heavy (non-hydrogen) atoms.